The zero-order chi connectivity index (χ0) is 19.8. The first-order chi connectivity index (χ1) is 14.2. The van der Waals surface area contributed by atoms with Crippen LogP contribution in [0.15, 0.2) is 48.5 Å². The molecule has 3 aliphatic rings. The molecule has 0 aliphatic carbocycles. The maximum atomic E-state index is 14.0. The summed E-state index contributed by atoms with van der Waals surface area (Å²) >= 11 is 0. The smallest absolute Gasteiger partial charge is 0.256 e. The number of para-hydroxylation sites is 1. The van der Waals surface area contributed by atoms with E-state index in [1.165, 1.54) is 6.07 Å². The van der Waals surface area contributed by atoms with Crippen LogP contribution < -0.4 is 10.2 Å². The lowest BCUT2D eigenvalue weighted by Gasteiger charge is -2.33. The van der Waals surface area contributed by atoms with Crippen LogP contribution in [0.1, 0.15) is 22.0 Å². The van der Waals surface area contributed by atoms with Gasteiger partial charge in [-0.3, -0.25) is 4.79 Å². The fraction of sp³-hybridized carbons (Fsp3) is 0.435. The average Bonchev–Trinajstić information content (AvgIpc) is 3.35. The summed E-state index contributed by atoms with van der Waals surface area (Å²) in [7, 11) is 0. The van der Waals surface area contributed by atoms with E-state index in [1.54, 1.807) is 12.1 Å². The molecule has 3 saturated heterocycles. The van der Waals surface area contributed by atoms with Gasteiger partial charge in [0.1, 0.15) is 5.82 Å². The third-order valence-corrected chi connectivity index (χ3v) is 6.50. The number of nitrogens with one attached hydrogen (secondary N) is 1. The van der Waals surface area contributed by atoms with Crippen molar-refractivity contribution in [1.82, 2.24) is 10.2 Å². The molecule has 3 fully saturated rings. The van der Waals surface area contributed by atoms with Crippen molar-refractivity contribution >= 4 is 11.6 Å². The highest BCUT2D eigenvalue weighted by Gasteiger charge is 2.47. The second-order valence-electron chi connectivity index (χ2n) is 8.16. The van der Waals surface area contributed by atoms with Crippen molar-refractivity contribution in [3.8, 4) is 0 Å². The number of hydrogen-bond donors (Lipinski definition) is 1. The lowest BCUT2D eigenvalue weighted by atomic mass is 9.89. The monoisotopic (exact) mass is 395 g/mol. The highest BCUT2D eigenvalue weighted by atomic mass is 19.1. The van der Waals surface area contributed by atoms with Gasteiger partial charge in [-0.1, -0.05) is 24.3 Å². The van der Waals surface area contributed by atoms with E-state index in [0.29, 0.717) is 31.6 Å². The van der Waals surface area contributed by atoms with Crippen molar-refractivity contribution in [3.05, 3.63) is 65.5 Å². The molecule has 3 aliphatic heterocycles. The number of morpholine rings is 1. The molecular formula is C23H26FN3O2. The Labute approximate surface area is 170 Å². The van der Waals surface area contributed by atoms with Crippen LogP contribution in [-0.2, 0) is 4.74 Å². The Bertz CT molecular complexity index is 899. The van der Waals surface area contributed by atoms with E-state index in [1.807, 2.05) is 35.2 Å². The van der Waals surface area contributed by atoms with Gasteiger partial charge in [0.05, 0.1) is 24.8 Å². The van der Waals surface area contributed by atoms with Gasteiger partial charge in [0.15, 0.2) is 0 Å². The highest BCUT2D eigenvalue weighted by Crippen LogP contribution is 2.44. The molecule has 0 radical (unpaired) electrons. The van der Waals surface area contributed by atoms with Crippen LogP contribution in [0.5, 0.6) is 0 Å². The van der Waals surface area contributed by atoms with Gasteiger partial charge in [0, 0.05) is 44.3 Å². The molecule has 29 heavy (non-hydrogen) atoms. The molecule has 2 aromatic carbocycles. The first-order valence-corrected chi connectivity index (χ1v) is 10.4. The standard InChI is InChI=1S/C23H26FN3O2/c24-18-5-3-4-16(12-18)22-20-14-25-13-17(20)15-27(22)23(28)19-6-1-2-7-21(19)26-8-10-29-11-9-26/h1-7,12,17,20,22,25H,8-11,13-15H2/t17-,20-,22+/m0/s1. The molecule has 2 aromatic rings. The Kier molecular flexibility index (Phi) is 4.97. The molecule has 6 heteroatoms. The summed E-state index contributed by atoms with van der Waals surface area (Å²) in [5.41, 5.74) is 2.58. The quantitative estimate of drug-likeness (QED) is 0.868. The van der Waals surface area contributed by atoms with Gasteiger partial charge in [-0.25, -0.2) is 4.39 Å². The number of hydrogen-bond acceptors (Lipinski definition) is 4. The first-order valence-electron chi connectivity index (χ1n) is 10.4. The summed E-state index contributed by atoms with van der Waals surface area (Å²) in [4.78, 5) is 18.0. The molecule has 1 N–H and O–H groups in total. The molecule has 3 heterocycles. The summed E-state index contributed by atoms with van der Waals surface area (Å²) in [5, 5.41) is 3.45. The van der Waals surface area contributed by atoms with Crippen LogP contribution in [0, 0.1) is 17.7 Å². The van der Waals surface area contributed by atoms with Gasteiger partial charge in [0.25, 0.3) is 5.91 Å². The Morgan fingerprint density at radius 3 is 2.72 bits per heavy atom. The van der Waals surface area contributed by atoms with Crippen molar-refractivity contribution in [2.45, 2.75) is 6.04 Å². The topological polar surface area (TPSA) is 44.8 Å². The minimum absolute atomic E-state index is 0.0377. The fourth-order valence-electron chi connectivity index (χ4n) is 5.14. The number of amides is 1. The fourth-order valence-corrected chi connectivity index (χ4v) is 5.14. The van der Waals surface area contributed by atoms with Crippen LogP contribution in [0.2, 0.25) is 0 Å². The number of benzene rings is 2. The lowest BCUT2D eigenvalue weighted by molar-refractivity contribution is 0.0713. The SMILES string of the molecule is O=C(c1ccccc1N1CCOCC1)N1C[C@@H]2CNC[C@@H]2[C@H]1c1cccc(F)c1. The molecule has 5 rings (SSSR count). The summed E-state index contributed by atoms with van der Waals surface area (Å²) in [6, 6.07) is 14.5. The van der Waals surface area contributed by atoms with Crippen LogP contribution in [0.25, 0.3) is 0 Å². The molecule has 0 saturated carbocycles. The predicted molar refractivity (Wildman–Crippen MR) is 110 cm³/mol. The lowest BCUT2D eigenvalue weighted by Crippen LogP contribution is -2.39. The number of ether oxygens (including phenoxy) is 1. The maximum absolute atomic E-state index is 14.0. The van der Waals surface area contributed by atoms with Gasteiger partial charge < -0.3 is 19.9 Å². The molecule has 0 bridgehead atoms. The Hall–Kier alpha value is -2.44. The molecular weight excluding hydrogens is 369 g/mol. The van der Waals surface area contributed by atoms with E-state index >= 15 is 0 Å². The molecule has 1 amide bonds. The van der Waals surface area contributed by atoms with Crippen LogP contribution in [-0.4, -0.2) is 56.7 Å². The van der Waals surface area contributed by atoms with Crippen molar-refractivity contribution < 1.29 is 13.9 Å². The third-order valence-electron chi connectivity index (χ3n) is 6.50. The molecule has 0 unspecified atom stereocenters. The molecule has 0 aromatic heterocycles. The van der Waals surface area contributed by atoms with Crippen LogP contribution in [0.3, 0.4) is 0 Å². The Morgan fingerprint density at radius 2 is 1.90 bits per heavy atom. The number of carbonyl (C=O) groups excluding carboxylic acids is 1. The third kappa shape index (κ3) is 3.40. The minimum atomic E-state index is -0.252. The summed E-state index contributed by atoms with van der Waals surface area (Å²) in [5.74, 6) is 0.507. The van der Waals surface area contributed by atoms with Gasteiger partial charge >= 0.3 is 0 Å². The molecule has 3 atom stereocenters. The summed E-state index contributed by atoms with van der Waals surface area (Å²) in [6.45, 7) is 5.39. The Balaban J connectivity index is 1.50. The van der Waals surface area contributed by atoms with E-state index in [-0.39, 0.29) is 17.8 Å². The second kappa shape index (κ2) is 7.76. The average molecular weight is 395 g/mol. The summed E-state index contributed by atoms with van der Waals surface area (Å²) < 4.78 is 19.5. The van der Waals surface area contributed by atoms with E-state index in [9.17, 15) is 9.18 Å². The Morgan fingerprint density at radius 1 is 1.07 bits per heavy atom. The molecule has 0 spiro atoms. The van der Waals surface area contributed by atoms with E-state index in [4.69, 9.17) is 4.74 Å². The van der Waals surface area contributed by atoms with E-state index in [2.05, 4.69) is 10.2 Å². The largest absolute Gasteiger partial charge is 0.378 e. The maximum Gasteiger partial charge on any atom is 0.256 e. The number of anilines is 1. The van der Waals surface area contributed by atoms with Crippen molar-refractivity contribution in [3.63, 3.8) is 0 Å². The minimum Gasteiger partial charge on any atom is -0.378 e. The van der Waals surface area contributed by atoms with Gasteiger partial charge in [-0.15, -0.1) is 0 Å². The second-order valence-corrected chi connectivity index (χ2v) is 8.16. The van der Waals surface area contributed by atoms with Crippen molar-refractivity contribution in [2.24, 2.45) is 11.8 Å². The first kappa shape index (κ1) is 18.6. The number of nitrogens with zero attached hydrogens (tertiary/aromatic N) is 2. The van der Waals surface area contributed by atoms with Gasteiger partial charge in [-0.05, 0) is 35.7 Å². The van der Waals surface area contributed by atoms with Crippen LogP contribution in [0.4, 0.5) is 10.1 Å². The van der Waals surface area contributed by atoms with E-state index in [0.717, 1.165) is 43.0 Å². The van der Waals surface area contributed by atoms with Gasteiger partial charge in [-0.2, -0.15) is 0 Å². The number of likely N-dealkylation sites (tertiary alicyclic amines) is 1. The van der Waals surface area contributed by atoms with E-state index < -0.39 is 0 Å². The van der Waals surface area contributed by atoms with Crippen LogP contribution >= 0.6 is 0 Å². The number of rotatable bonds is 3. The summed E-state index contributed by atoms with van der Waals surface area (Å²) in [6.07, 6.45) is 0. The molecule has 152 valence electrons. The predicted octanol–water partition coefficient (Wildman–Crippen LogP) is 2.70. The van der Waals surface area contributed by atoms with Crippen molar-refractivity contribution in [1.29, 1.82) is 0 Å². The normalized spacial score (nSPS) is 26.6. The molecule has 5 nitrogen and oxygen atoms in total. The number of halogens is 1. The number of carbonyl (C=O) groups is 1. The highest BCUT2D eigenvalue weighted by molar-refractivity contribution is 6.00. The van der Waals surface area contributed by atoms with Gasteiger partial charge in [0.2, 0.25) is 0 Å². The van der Waals surface area contributed by atoms with Crippen molar-refractivity contribution in [2.75, 3.05) is 50.8 Å². The zero-order valence-corrected chi connectivity index (χ0v) is 16.4. The zero-order valence-electron chi connectivity index (χ0n) is 16.4. The number of fused-ring (bicyclic) bond motifs is 1.